The van der Waals surface area contributed by atoms with Gasteiger partial charge in [0.25, 0.3) is 5.56 Å². The van der Waals surface area contributed by atoms with Gasteiger partial charge in [-0.3, -0.25) is 14.8 Å². The third-order valence-corrected chi connectivity index (χ3v) is 2.74. The minimum Gasteiger partial charge on any atom is -0.494 e. The fourth-order valence-electron chi connectivity index (χ4n) is 1.81. The Balaban J connectivity index is 0.00000180. The van der Waals surface area contributed by atoms with E-state index in [2.05, 4.69) is 0 Å². The number of aliphatic hydroxyl groups is 3. The average Bonchev–Trinajstić information content (AvgIpc) is 2.28. The number of hydrogen-bond acceptors (Lipinski definition) is 7. The fraction of sp³-hybridized carbons (Fsp3) is 0.556. The summed E-state index contributed by atoms with van der Waals surface area (Å²) in [7, 11) is 0. The van der Waals surface area contributed by atoms with Crippen molar-refractivity contribution in [2.75, 3.05) is 6.61 Å². The van der Waals surface area contributed by atoms with Crippen LogP contribution in [0.25, 0.3) is 0 Å². The second-order valence-electron chi connectivity index (χ2n) is 3.97. The van der Waals surface area contributed by atoms with E-state index in [0.29, 0.717) is 0 Å². The Kier molecular flexibility index (Phi) is 5.33. The van der Waals surface area contributed by atoms with Gasteiger partial charge in [0.05, 0.1) is 6.61 Å². The Morgan fingerprint density at radius 3 is 2.32 bits per heavy atom. The van der Waals surface area contributed by atoms with Crippen molar-refractivity contribution in [2.45, 2.75) is 24.4 Å². The number of rotatable bonds is 1. The van der Waals surface area contributed by atoms with E-state index in [1.54, 1.807) is 0 Å². The van der Waals surface area contributed by atoms with Crippen LogP contribution in [0, 0.1) is 0 Å². The molecule has 2 heterocycles. The quantitative estimate of drug-likeness (QED) is 0.292. The Labute approximate surface area is 128 Å². The molecule has 1 aliphatic heterocycles. The first-order valence-electron chi connectivity index (χ1n) is 5.13. The van der Waals surface area contributed by atoms with Gasteiger partial charge in [-0.1, -0.05) is 0 Å². The molecule has 0 bridgehead atoms. The van der Waals surface area contributed by atoms with Gasteiger partial charge in [-0.25, -0.2) is 4.79 Å². The van der Waals surface area contributed by atoms with Gasteiger partial charge in [-0.05, 0) is 0 Å². The van der Waals surface area contributed by atoms with E-state index in [0.717, 1.165) is 0 Å². The number of nitrogens with one attached hydrogen (secondary N) is 2. The molecule has 2 rings (SSSR count). The van der Waals surface area contributed by atoms with Gasteiger partial charge in [0.1, 0.15) is 30.0 Å². The van der Waals surface area contributed by atoms with E-state index >= 15 is 0 Å². The molecule has 1 aliphatic rings. The minimum atomic E-state index is -1.60. The molecule has 1 fully saturated rings. The zero-order valence-electron chi connectivity index (χ0n) is 10.0. The Bertz CT molecular complexity index is 556. The van der Waals surface area contributed by atoms with Crippen LogP contribution < -0.4 is 11.2 Å². The third kappa shape index (κ3) is 3.08. The molecule has 0 unspecified atom stereocenters. The van der Waals surface area contributed by atoms with Gasteiger partial charge < -0.3 is 25.2 Å². The van der Waals surface area contributed by atoms with Crippen LogP contribution in [0.4, 0.5) is 0 Å². The number of hydrogen-bond donors (Lipinski definition) is 6. The van der Waals surface area contributed by atoms with Crippen molar-refractivity contribution in [1.82, 2.24) is 9.97 Å². The summed E-state index contributed by atoms with van der Waals surface area (Å²) in [6, 6.07) is 0. The standard InChI is InChI=1S/C9H12N2O7.Na/c12-2-1-18-6(5(14)4(2)13)3-7(15)10-9(17)11-8(3)16;/h2,4-6,12-14H,1H2,(H3,10,11,15,16,17);/t2-,4+,5-,6+;/m1./s1. The monoisotopic (exact) mass is 283 g/mol. The molecule has 9 nitrogen and oxygen atoms in total. The first-order chi connectivity index (χ1) is 8.41. The molecule has 19 heavy (non-hydrogen) atoms. The SMILES string of the molecule is O=c1[nH]c(O)c([C@@H]2OC[C@@H](O)[C@H](O)[C@H]2O)c(=O)[nH]1.[Na]. The summed E-state index contributed by atoms with van der Waals surface area (Å²) in [5.74, 6) is -0.753. The zero-order valence-corrected chi connectivity index (χ0v) is 12.0. The number of aromatic nitrogens is 2. The molecule has 4 atom stereocenters. The molecule has 0 saturated carbocycles. The molecular weight excluding hydrogens is 271 g/mol. The molecule has 0 amide bonds. The van der Waals surface area contributed by atoms with Crippen LogP contribution in [0.3, 0.4) is 0 Å². The van der Waals surface area contributed by atoms with E-state index in [1.807, 2.05) is 9.97 Å². The summed E-state index contributed by atoms with van der Waals surface area (Å²) >= 11 is 0. The molecule has 10 heteroatoms. The second kappa shape index (κ2) is 6.18. The van der Waals surface area contributed by atoms with E-state index in [-0.39, 0.29) is 36.2 Å². The van der Waals surface area contributed by atoms with Crippen molar-refractivity contribution in [3.63, 3.8) is 0 Å². The van der Waals surface area contributed by atoms with Gasteiger partial charge in [0.2, 0.25) is 5.88 Å². The summed E-state index contributed by atoms with van der Waals surface area (Å²) in [6.45, 7) is -0.319. The summed E-state index contributed by atoms with van der Waals surface area (Å²) in [6.07, 6.45) is -5.76. The number of aromatic amines is 2. The van der Waals surface area contributed by atoms with Crippen LogP contribution in [0.15, 0.2) is 9.59 Å². The Morgan fingerprint density at radius 2 is 1.74 bits per heavy atom. The smallest absolute Gasteiger partial charge is 0.328 e. The molecule has 0 aromatic carbocycles. The number of aliphatic hydroxyl groups excluding tert-OH is 3. The van der Waals surface area contributed by atoms with Crippen molar-refractivity contribution in [3.05, 3.63) is 26.4 Å². The zero-order chi connectivity index (χ0) is 13.4. The molecular formula is C9H12N2NaO7. The fourth-order valence-corrected chi connectivity index (χ4v) is 1.81. The summed E-state index contributed by atoms with van der Waals surface area (Å²) < 4.78 is 5.00. The predicted octanol–water partition coefficient (Wildman–Crippen LogP) is -3.46. The van der Waals surface area contributed by atoms with Crippen LogP contribution in [-0.2, 0) is 4.74 Å². The van der Waals surface area contributed by atoms with Gasteiger partial charge in [0.15, 0.2) is 0 Å². The average molecular weight is 283 g/mol. The maximum atomic E-state index is 11.5. The topological polar surface area (TPSA) is 156 Å². The summed E-state index contributed by atoms with van der Waals surface area (Å²) in [5.41, 5.74) is -2.26. The maximum absolute atomic E-state index is 11.5. The van der Waals surface area contributed by atoms with Crippen LogP contribution >= 0.6 is 0 Å². The normalized spacial score (nSPS) is 30.7. The van der Waals surface area contributed by atoms with Gasteiger partial charge in [0, 0.05) is 29.6 Å². The maximum Gasteiger partial charge on any atom is 0.328 e. The molecule has 101 valence electrons. The van der Waals surface area contributed by atoms with Gasteiger partial charge in [-0.15, -0.1) is 0 Å². The Hall–Kier alpha value is -0.680. The number of H-pyrrole nitrogens is 2. The van der Waals surface area contributed by atoms with E-state index < -0.39 is 47.1 Å². The summed E-state index contributed by atoms with van der Waals surface area (Å²) in [5, 5.41) is 37.9. The van der Waals surface area contributed by atoms with E-state index in [1.165, 1.54) is 0 Å². The summed E-state index contributed by atoms with van der Waals surface area (Å²) in [4.78, 5) is 26.2. The molecule has 0 spiro atoms. The molecule has 1 aromatic rings. The van der Waals surface area contributed by atoms with Crippen molar-refractivity contribution in [3.8, 4) is 5.88 Å². The molecule has 1 aromatic heterocycles. The van der Waals surface area contributed by atoms with Crippen LogP contribution in [0.1, 0.15) is 11.7 Å². The Morgan fingerprint density at radius 1 is 1.11 bits per heavy atom. The predicted molar refractivity (Wildman–Crippen MR) is 61.8 cm³/mol. The van der Waals surface area contributed by atoms with Crippen molar-refractivity contribution in [1.29, 1.82) is 0 Å². The van der Waals surface area contributed by atoms with Crippen LogP contribution in [0.5, 0.6) is 5.88 Å². The first kappa shape index (κ1) is 16.4. The van der Waals surface area contributed by atoms with Crippen LogP contribution in [-0.4, -0.2) is 84.9 Å². The van der Waals surface area contributed by atoms with E-state index in [4.69, 9.17) is 4.74 Å². The molecule has 0 aliphatic carbocycles. The minimum absolute atomic E-state index is 0. The van der Waals surface area contributed by atoms with Crippen molar-refractivity contribution < 1.29 is 25.2 Å². The number of ether oxygens (including phenoxy) is 1. The van der Waals surface area contributed by atoms with Crippen molar-refractivity contribution in [2.24, 2.45) is 0 Å². The third-order valence-electron chi connectivity index (χ3n) is 2.74. The van der Waals surface area contributed by atoms with Crippen LogP contribution in [0.2, 0.25) is 0 Å². The van der Waals surface area contributed by atoms with Gasteiger partial charge in [-0.2, -0.15) is 0 Å². The second-order valence-corrected chi connectivity index (χ2v) is 3.97. The number of aromatic hydroxyl groups is 1. The largest absolute Gasteiger partial charge is 0.494 e. The molecule has 1 radical (unpaired) electrons. The molecule has 6 N–H and O–H groups in total. The van der Waals surface area contributed by atoms with Gasteiger partial charge >= 0.3 is 5.69 Å². The molecule has 1 saturated heterocycles. The van der Waals surface area contributed by atoms with Crippen molar-refractivity contribution >= 4 is 29.6 Å². The first-order valence-corrected chi connectivity index (χ1v) is 5.13. The van der Waals surface area contributed by atoms with E-state index in [9.17, 15) is 30.0 Å².